The third-order valence-electron chi connectivity index (χ3n) is 3.41. The largest absolute Gasteiger partial charge is 0.300 e. The molecule has 1 fully saturated rings. The smallest absolute Gasteiger partial charge is 0.195 e. The minimum atomic E-state index is 0.499. The van der Waals surface area contributed by atoms with E-state index in [-0.39, 0.29) is 0 Å². The first-order valence-electron chi connectivity index (χ1n) is 6.02. The van der Waals surface area contributed by atoms with Gasteiger partial charge in [0.2, 0.25) is 0 Å². The number of nitrogens with zero attached hydrogens (tertiary/aromatic N) is 2. The molecule has 1 N–H and O–H groups in total. The van der Waals surface area contributed by atoms with E-state index in [1.54, 1.807) is 0 Å². The van der Waals surface area contributed by atoms with Gasteiger partial charge in [-0.25, -0.2) is 0 Å². The maximum Gasteiger partial charge on any atom is 0.195 e. The van der Waals surface area contributed by atoms with Crippen LogP contribution >= 0.6 is 12.2 Å². The maximum atomic E-state index is 5.30. The highest BCUT2D eigenvalue weighted by molar-refractivity contribution is 7.71. The molecule has 2 atom stereocenters. The molecule has 3 nitrogen and oxygen atoms in total. The van der Waals surface area contributed by atoms with Gasteiger partial charge in [-0.1, -0.05) is 37.3 Å². The Kier molecular flexibility index (Phi) is 2.59. The van der Waals surface area contributed by atoms with E-state index in [2.05, 4.69) is 52.0 Å². The van der Waals surface area contributed by atoms with E-state index < -0.39 is 0 Å². The molecule has 1 aromatic heterocycles. The van der Waals surface area contributed by atoms with Gasteiger partial charge in [0.25, 0.3) is 0 Å². The lowest BCUT2D eigenvalue weighted by atomic mass is 10.1. The van der Waals surface area contributed by atoms with Crippen LogP contribution in [0, 0.1) is 4.77 Å². The normalized spacial score (nSPS) is 22.6. The van der Waals surface area contributed by atoms with Crippen molar-refractivity contribution < 1.29 is 0 Å². The van der Waals surface area contributed by atoms with Crippen LogP contribution in [0.1, 0.15) is 36.7 Å². The lowest BCUT2D eigenvalue weighted by molar-refractivity contribution is 0.662. The number of hydrogen-bond donors (Lipinski definition) is 1. The van der Waals surface area contributed by atoms with Crippen molar-refractivity contribution in [1.29, 1.82) is 0 Å². The molecule has 0 saturated heterocycles. The van der Waals surface area contributed by atoms with E-state index in [0.717, 1.165) is 17.0 Å². The van der Waals surface area contributed by atoms with Gasteiger partial charge in [0.15, 0.2) is 4.77 Å². The summed E-state index contributed by atoms with van der Waals surface area (Å²) in [6, 6.07) is 11.1. The molecule has 17 heavy (non-hydrogen) atoms. The fourth-order valence-electron chi connectivity index (χ4n) is 2.45. The molecule has 0 aliphatic heterocycles. The Hall–Kier alpha value is -1.42. The van der Waals surface area contributed by atoms with Gasteiger partial charge in [0.05, 0.1) is 0 Å². The van der Waals surface area contributed by atoms with Gasteiger partial charge >= 0.3 is 0 Å². The number of H-pyrrole nitrogens is 1. The van der Waals surface area contributed by atoms with E-state index in [9.17, 15) is 0 Å². The second-order valence-corrected chi connectivity index (χ2v) is 4.88. The Morgan fingerprint density at radius 3 is 2.88 bits per heavy atom. The molecule has 3 rings (SSSR count). The molecule has 1 heterocycles. The van der Waals surface area contributed by atoms with Crippen LogP contribution < -0.4 is 0 Å². The number of aryl methyl sites for hydroxylation is 1. The topological polar surface area (TPSA) is 33.6 Å². The van der Waals surface area contributed by atoms with Crippen LogP contribution in [0.3, 0.4) is 0 Å². The van der Waals surface area contributed by atoms with Gasteiger partial charge in [-0.2, -0.15) is 5.10 Å². The predicted octanol–water partition coefficient (Wildman–Crippen LogP) is 3.23. The van der Waals surface area contributed by atoms with Crippen molar-refractivity contribution >= 4 is 12.2 Å². The molecule has 0 bridgehead atoms. The number of nitrogens with one attached hydrogen (secondary N) is 1. The Bertz CT molecular complexity index is 570. The van der Waals surface area contributed by atoms with Crippen molar-refractivity contribution in [3.63, 3.8) is 0 Å². The molecule has 1 aliphatic carbocycles. The highest BCUT2D eigenvalue weighted by Crippen LogP contribution is 2.51. The van der Waals surface area contributed by atoms with E-state index in [1.165, 1.54) is 12.0 Å². The summed E-state index contributed by atoms with van der Waals surface area (Å²) in [5.74, 6) is 1.67. The van der Waals surface area contributed by atoms with Crippen LogP contribution in [0.25, 0.3) is 0 Å². The van der Waals surface area contributed by atoms with E-state index in [1.807, 2.05) is 0 Å². The van der Waals surface area contributed by atoms with Crippen molar-refractivity contribution in [2.24, 2.45) is 0 Å². The first-order chi connectivity index (χ1) is 8.31. The third kappa shape index (κ3) is 1.82. The zero-order valence-corrected chi connectivity index (χ0v) is 10.6. The summed E-state index contributed by atoms with van der Waals surface area (Å²) in [4.78, 5) is 0. The van der Waals surface area contributed by atoms with Crippen molar-refractivity contribution in [3.8, 4) is 0 Å². The third-order valence-corrected chi connectivity index (χ3v) is 3.70. The zero-order chi connectivity index (χ0) is 11.8. The molecule has 2 aromatic rings. The molecule has 2 unspecified atom stereocenters. The number of rotatable bonds is 3. The summed E-state index contributed by atoms with van der Waals surface area (Å²) in [5, 5.41) is 7.17. The minimum absolute atomic E-state index is 0.499. The second kappa shape index (κ2) is 4.11. The van der Waals surface area contributed by atoms with Gasteiger partial charge < -0.3 is 4.57 Å². The molecule has 88 valence electrons. The van der Waals surface area contributed by atoms with Crippen molar-refractivity contribution in [1.82, 2.24) is 14.8 Å². The summed E-state index contributed by atoms with van der Waals surface area (Å²) in [6.07, 6.45) is 2.09. The lowest BCUT2D eigenvalue weighted by Gasteiger charge is -2.04. The van der Waals surface area contributed by atoms with Gasteiger partial charge in [-0.3, -0.25) is 5.10 Å². The summed E-state index contributed by atoms with van der Waals surface area (Å²) in [6.45, 7) is 2.11. The quantitative estimate of drug-likeness (QED) is 0.842. The van der Waals surface area contributed by atoms with Crippen LogP contribution in [0.2, 0.25) is 0 Å². The molecular formula is C13H15N3S. The molecule has 0 amide bonds. The highest BCUT2D eigenvalue weighted by Gasteiger charge is 2.41. The Balaban J connectivity index is 1.90. The first-order valence-corrected chi connectivity index (χ1v) is 6.42. The van der Waals surface area contributed by atoms with Gasteiger partial charge in [-0.15, -0.1) is 0 Å². The minimum Gasteiger partial charge on any atom is -0.300 e. The summed E-state index contributed by atoms with van der Waals surface area (Å²) >= 11 is 5.30. The lowest BCUT2D eigenvalue weighted by Crippen LogP contribution is -2.02. The Morgan fingerprint density at radius 1 is 1.41 bits per heavy atom. The van der Waals surface area contributed by atoms with Gasteiger partial charge in [0, 0.05) is 18.4 Å². The van der Waals surface area contributed by atoms with Gasteiger partial charge in [0.1, 0.15) is 5.82 Å². The molecule has 1 aliphatic rings. The van der Waals surface area contributed by atoms with E-state index in [4.69, 9.17) is 12.2 Å². The first kappa shape index (κ1) is 10.7. The van der Waals surface area contributed by atoms with Crippen molar-refractivity contribution in [2.75, 3.05) is 0 Å². The Morgan fingerprint density at radius 2 is 2.18 bits per heavy atom. The molecule has 0 radical (unpaired) electrons. The Labute approximate surface area is 105 Å². The maximum absolute atomic E-state index is 5.30. The highest BCUT2D eigenvalue weighted by atomic mass is 32.1. The predicted molar refractivity (Wildman–Crippen MR) is 69.6 cm³/mol. The molecule has 1 saturated carbocycles. The van der Waals surface area contributed by atoms with Crippen LogP contribution in [0.15, 0.2) is 30.3 Å². The number of aromatic nitrogens is 3. The summed E-state index contributed by atoms with van der Waals surface area (Å²) < 4.78 is 2.94. The van der Waals surface area contributed by atoms with E-state index >= 15 is 0 Å². The van der Waals surface area contributed by atoms with Crippen LogP contribution in [0.4, 0.5) is 0 Å². The molecular weight excluding hydrogens is 230 g/mol. The second-order valence-electron chi connectivity index (χ2n) is 4.49. The van der Waals surface area contributed by atoms with Crippen molar-refractivity contribution in [3.05, 3.63) is 46.5 Å². The average Bonchev–Trinajstić information content (AvgIpc) is 3.07. The molecule has 0 spiro atoms. The van der Waals surface area contributed by atoms with Crippen LogP contribution in [0.5, 0.6) is 0 Å². The standard InChI is InChI=1S/C13H15N3S/c1-2-12-14-15-13(17)16(12)11-8-10(11)9-6-4-3-5-7-9/h3-7,10-11H,2,8H2,1H3,(H,15,17). The molecule has 4 heteroatoms. The summed E-state index contributed by atoms with van der Waals surface area (Å²) in [5.41, 5.74) is 1.41. The SMILES string of the molecule is CCc1n[nH]c(=S)n1C1CC1c1ccccc1. The van der Waals surface area contributed by atoms with E-state index in [0.29, 0.717) is 12.0 Å². The number of aromatic amines is 1. The van der Waals surface area contributed by atoms with Crippen LogP contribution in [-0.2, 0) is 6.42 Å². The zero-order valence-electron chi connectivity index (χ0n) is 9.76. The average molecular weight is 245 g/mol. The van der Waals surface area contributed by atoms with Gasteiger partial charge in [-0.05, 0) is 24.2 Å². The van der Waals surface area contributed by atoms with Crippen LogP contribution in [-0.4, -0.2) is 14.8 Å². The van der Waals surface area contributed by atoms with Crippen molar-refractivity contribution in [2.45, 2.75) is 31.7 Å². The number of benzene rings is 1. The summed E-state index contributed by atoms with van der Waals surface area (Å²) in [7, 11) is 0. The fourth-order valence-corrected chi connectivity index (χ4v) is 2.74. The molecule has 1 aromatic carbocycles. The monoisotopic (exact) mass is 245 g/mol. The number of hydrogen-bond acceptors (Lipinski definition) is 2. The fraction of sp³-hybridized carbons (Fsp3) is 0.385.